The smallest absolute Gasteiger partial charge is 0.131 e. The number of nitrogens with zero attached hydrogens (tertiary/aromatic N) is 1. The van der Waals surface area contributed by atoms with Crippen LogP contribution in [0, 0.1) is 12.8 Å². The highest BCUT2D eigenvalue weighted by Gasteiger charge is 2.22. The van der Waals surface area contributed by atoms with Crippen LogP contribution < -0.4 is 10.5 Å². The molecule has 2 N–H and O–H groups in total. The number of pyridine rings is 1. The van der Waals surface area contributed by atoms with E-state index in [1.165, 1.54) is 19.3 Å². The van der Waals surface area contributed by atoms with Gasteiger partial charge >= 0.3 is 0 Å². The van der Waals surface area contributed by atoms with Gasteiger partial charge in [-0.3, -0.25) is 4.98 Å². The molecule has 0 bridgehead atoms. The first-order valence-electron chi connectivity index (χ1n) is 8.00. The number of nitrogens with two attached hydrogens (primary N) is 1. The lowest BCUT2D eigenvalue weighted by Gasteiger charge is -2.28. The van der Waals surface area contributed by atoms with Gasteiger partial charge in [-0.15, -0.1) is 0 Å². The van der Waals surface area contributed by atoms with Crippen molar-refractivity contribution in [2.24, 2.45) is 5.92 Å². The van der Waals surface area contributed by atoms with Crippen LogP contribution in [0.1, 0.15) is 44.7 Å². The van der Waals surface area contributed by atoms with Crippen molar-refractivity contribution >= 4 is 16.6 Å². The van der Waals surface area contributed by atoms with Crippen LogP contribution in [-0.4, -0.2) is 11.1 Å². The number of aromatic nitrogens is 1. The number of benzene rings is 1. The highest BCUT2D eigenvalue weighted by Crippen LogP contribution is 2.34. The zero-order chi connectivity index (χ0) is 14.8. The van der Waals surface area contributed by atoms with Gasteiger partial charge in [0.1, 0.15) is 5.75 Å². The Morgan fingerprint density at radius 3 is 2.71 bits per heavy atom. The quantitative estimate of drug-likeness (QED) is 0.904. The molecule has 1 fully saturated rings. The molecule has 0 radical (unpaired) electrons. The molecular formula is C18H24N2O. The maximum absolute atomic E-state index is 6.26. The summed E-state index contributed by atoms with van der Waals surface area (Å²) >= 11 is 0. The lowest BCUT2D eigenvalue weighted by atomic mass is 9.86. The van der Waals surface area contributed by atoms with Gasteiger partial charge in [0.05, 0.1) is 17.0 Å². The Bertz CT molecular complexity index is 630. The summed E-state index contributed by atoms with van der Waals surface area (Å²) in [5, 5.41) is 0.959. The first kappa shape index (κ1) is 14.2. The summed E-state index contributed by atoms with van der Waals surface area (Å²) in [5.74, 6) is 1.77. The van der Waals surface area contributed by atoms with Crippen molar-refractivity contribution in [3.63, 3.8) is 0 Å². The van der Waals surface area contributed by atoms with Gasteiger partial charge < -0.3 is 10.5 Å². The second-order valence-electron chi connectivity index (χ2n) is 6.17. The SMILES string of the molecule is CC[C@H]1CC[C@H](Oc2cccc3nc(C)cc(N)c23)CC1. The van der Waals surface area contributed by atoms with E-state index in [2.05, 4.69) is 11.9 Å². The fourth-order valence-electron chi connectivity index (χ4n) is 3.36. The molecule has 1 aliphatic carbocycles. The molecular weight excluding hydrogens is 260 g/mol. The second kappa shape index (κ2) is 5.92. The van der Waals surface area contributed by atoms with Crippen LogP contribution in [0.5, 0.6) is 5.75 Å². The van der Waals surface area contributed by atoms with Crippen LogP contribution in [0.15, 0.2) is 24.3 Å². The van der Waals surface area contributed by atoms with Gasteiger partial charge in [0.25, 0.3) is 0 Å². The van der Waals surface area contributed by atoms with Crippen LogP contribution in [0.4, 0.5) is 5.69 Å². The van der Waals surface area contributed by atoms with E-state index < -0.39 is 0 Å². The molecule has 1 aliphatic rings. The number of hydrogen-bond acceptors (Lipinski definition) is 3. The van der Waals surface area contributed by atoms with E-state index >= 15 is 0 Å². The maximum atomic E-state index is 6.26. The number of hydrogen-bond donors (Lipinski definition) is 1. The number of aryl methyl sites for hydroxylation is 1. The van der Waals surface area contributed by atoms with E-state index in [0.717, 1.165) is 46.8 Å². The molecule has 3 heteroatoms. The molecule has 112 valence electrons. The molecule has 0 unspecified atom stereocenters. The van der Waals surface area contributed by atoms with Gasteiger partial charge in [-0.25, -0.2) is 0 Å². The Kier molecular flexibility index (Phi) is 4.00. The Balaban J connectivity index is 1.84. The number of fused-ring (bicyclic) bond motifs is 1. The summed E-state index contributed by atoms with van der Waals surface area (Å²) in [4.78, 5) is 4.56. The molecule has 0 aliphatic heterocycles. The zero-order valence-electron chi connectivity index (χ0n) is 12.9. The molecule has 2 aromatic rings. The third-order valence-corrected chi connectivity index (χ3v) is 4.62. The first-order chi connectivity index (χ1) is 10.2. The minimum absolute atomic E-state index is 0.319. The van der Waals surface area contributed by atoms with Crippen LogP contribution in [-0.2, 0) is 0 Å². The summed E-state index contributed by atoms with van der Waals surface area (Å²) in [6.07, 6.45) is 6.45. The molecule has 21 heavy (non-hydrogen) atoms. The van der Waals surface area contributed by atoms with Crippen molar-refractivity contribution in [2.45, 2.75) is 52.1 Å². The predicted octanol–water partition coefficient (Wildman–Crippen LogP) is 4.47. The van der Waals surface area contributed by atoms with E-state index in [1.807, 2.05) is 31.2 Å². The minimum atomic E-state index is 0.319. The van der Waals surface area contributed by atoms with E-state index in [4.69, 9.17) is 10.5 Å². The number of nitrogen functional groups attached to an aromatic ring is 1. The highest BCUT2D eigenvalue weighted by molar-refractivity contribution is 5.95. The van der Waals surface area contributed by atoms with Gasteiger partial charge in [-0.2, -0.15) is 0 Å². The Morgan fingerprint density at radius 2 is 2.00 bits per heavy atom. The van der Waals surface area contributed by atoms with E-state index in [-0.39, 0.29) is 0 Å². The van der Waals surface area contributed by atoms with Gasteiger partial charge in [-0.05, 0) is 56.7 Å². The van der Waals surface area contributed by atoms with Crippen LogP contribution in [0.25, 0.3) is 10.9 Å². The standard InChI is InChI=1S/C18H24N2O/c1-3-13-7-9-14(10-8-13)21-17-6-4-5-16-18(17)15(19)11-12(2)20-16/h4-6,11,13-14H,3,7-10H2,1-2H3,(H2,19,20)/t13-,14-. The van der Waals surface area contributed by atoms with Crippen molar-refractivity contribution in [3.8, 4) is 5.75 Å². The van der Waals surface area contributed by atoms with E-state index in [1.54, 1.807) is 0 Å². The van der Waals surface area contributed by atoms with Gasteiger partial charge in [-0.1, -0.05) is 19.4 Å². The first-order valence-corrected chi connectivity index (χ1v) is 8.00. The fourth-order valence-corrected chi connectivity index (χ4v) is 3.36. The van der Waals surface area contributed by atoms with Crippen LogP contribution in [0.2, 0.25) is 0 Å². The average Bonchev–Trinajstić information content (AvgIpc) is 2.47. The van der Waals surface area contributed by atoms with E-state index in [0.29, 0.717) is 6.10 Å². The molecule has 1 heterocycles. The predicted molar refractivity (Wildman–Crippen MR) is 87.6 cm³/mol. The Hall–Kier alpha value is -1.77. The lowest BCUT2D eigenvalue weighted by molar-refractivity contribution is 0.131. The Morgan fingerprint density at radius 1 is 1.24 bits per heavy atom. The van der Waals surface area contributed by atoms with Crippen molar-refractivity contribution in [1.29, 1.82) is 0 Å². The van der Waals surface area contributed by atoms with Gasteiger partial charge in [0, 0.05) is 11.4 Å². The highest BCUT2D eigenvalue weighted by atomic mass is 16.5. The van der Waals surface area contributed by atoms with Crippen LogP contribution >= 0.6 is 0 Å². The third-order valence-electron chi connectivity index (χ3n) is 4.62. The summed E-state index contributed by atoms with van der Waals surface area (Å²) in [6.45, 7) is 4.25. The molecule has 3 nitrogen and oxygen atoms in total. The molecule has 1 aromatic carbocycles. The van der Waals surface area contributed by atoms with Gasteiger partial charge in [0.2, 0.25) is 0 Å². The molecule has 0 amide bonds. The largest absolute Gasteiger partial charge is 0.490 e. The van der Waals surface area contributed by atoms with Crippen molar-refractivity contribution in [1.82, 2.24) is 4.98 Å². The van der Waals surface area contributed by atoms with Crippen molar-refractivity contribution in [2.75, 3.05) is 5.73 Å². The summed E-state index contributed by atoms with van der Waals surface area (Å²) in [6, 6.07) is 7.94. The summed E-state index contributed by atoms with van der Waals surface area (Å²) in [5.41, 5.74) is 8.81. The van der Waals surface area contributed by atoms with Crippen molar-refractivity contribution in [3.05, 3.63) is 30.0 Å². The zero-order valence-corrected chi connectivity index (χ0v) is 12.9. The number of anilines is 1. The molecule has 0 spiro atoms. The van der Waals surface area contributed by atoms with Crippen LogP contribution in [0.3, 0.4) is 0 Å². The number of ether oxygens (including phenoxy) is 1. The molecule has 3 rings (SSSR count). The minimum Gasteiger partial charge on any atom is -0.490 e. The average molecular weight is 284 g/mol. The normalized spacial score (nSPS) is 22.4. The molecule has 0 saturated heterocycles. The molecule has 0 atom stereocenters. The molecule has 1 saturated carbocycles. The lowest BCUT2D eigenvalue weighted by Crippen LogP contribution is -2.24. The molecule has 1 aromatic heterocycles. The summed E-state index contributed by atoms with van der Waals surface area (Å²) < 4.78 is 6.26. The fraction of sp³-hybridized carbons (Fsp3) is 0.500. The summed E-state index contributed by atoms with van der Waals surface area (Å²) in [7, 11) is 0. The Labute approximate surface area is 126 Å². The maximum Gasteiger partial charge on any atom is 0.131 e. The second-order valence-corrected chi connectivity index (χ2v) is 6.17. The van der Waals surface area contributed by atoms with Gasteiger partial charge in [0.15, 0.2) is 0 Å². The topological polar surface area (TPSA) is 48.1 Å². The van der Waals surface area contributed by atoms with E-state index in [9.17, 15) is 0 Å². The third kappa shape index (κ3) is 2.97. The monoisotopic (exact) mass is 284 g/mol. The van der Waals surface area contributed by atoms with Crippen molar-refractivity contribution < 1.29 is 4.74 Å². The number of rotatable bonds is 3.